The summed E-state index contributed by atoms with van der Waals surface area (Å²) < 4.78 is 0. The smallest absolute Gasteiger partial charge is 0.0695 e. The zero-order chi connectivity index (χ0) is 11.6. The van der Waals surface area contributed by atoms with E-state index in [9.17, 15) is 5.11 Å². The van der Waals surface area contributed by atoms with Gasteiger partial charge in [0.25, 0.3) is 0 Å². The van der Waals surface area contributed by atoms with Crippen molar-refractivity contribution in [2.24, 2.45) is 5.92 Å². The zero-order valence-electron chi connectivity index (χ0n) is 11.0. The van der Waals surface area contributed by atoms with Crippen molar-refractivity contribution in [3.8, 4) is 0 Å². The van der Waals surface area contributed by atoms with E-state index in [-0.39, 0.29) is 11.6 Å². The van der Waals surface area contributed by atoms with E-state index >= 15 is 0 Å². The monoisotopic (exact) mass is 213 g/mol. The first-order chi connectivity index (χ1) is 6.88. The van der Waals surface area contributed by atoms with Gasteiger partial charge in [0, 0.05) is 11.6 Å². The van der Waals surface area contributed by atoms with Gasteiger partial charge in [0.2, 0.25) is 0 Å². The largest absolute Gasteiger partial charge is 0.391 e. The van der Waals surface area contributed by atoms with E-state index in [4.69, 9.17) is 0 Å². The summed E-state index contributed by atoms with van der Waals surface area (Å²) in [7, 11) is 2.16. The SMILES string of the molecule is CCC(C)(C)N(C)C1CC(C)CCC1O. The van der Waals surface area contributed by atoms with Crippen molar-refractivity contribution in [1.82, 2.24) is 4.90 Å². The average molecular weight is 213 g/mol. The Morgan fingerprint density at radius 3 is 2.47 bits per heavy atom. The molecule has 1 rings (SSSR count). The van der Waals surface area contributed by atoms with Crippen molar-refractivity contribution in [3.05, 3.63) is 0 Å². The lowest BCUT2D eigenvalue weighted by molar-refractivity contribution is -0.0252. The Labute approximate surface area is 94.7 Å². The van der Waals surface area contributed by atoms with E-state index in [2.05, 4.69) is 39.6 Å². The van der Waals surface area contributed by atoms with Crippen LogP contribution in [0.2, 0.25) is 0 Å². The first-order valence-electron chi connectivity index (χ1n) is 6.29. The lowest BCUT2D eigenvalue weighted by atomic mass is 9.82. The molecule has 0 aromatic carbocycles. The molecule has 0 amide bonds. The Balaban J connectivity index is 2.68. The highest BCUT2D eigenvalue weighted by molar-refractivity contribution is 4.90. The standard InChI is InChI=1S/C13H27NO/c1-6-13(3,4)14(5)11-9-10(2)7-8-12(11)15/h10-12,15H,6-9H2,1-5H3. The number of hydrogen-bond acceptors (Lipinski definition) is 2. The van der Waals surface area contributed by atoms with Crippen molar-refractivity contribution >= 4 is 0 Å². The molecule has 2 heteroatoms. The fourth-order valence-electron chi connectivity index (χ4n) is 2.45. The predicted octanol–water partition coefficient (Wildman–Crippen LogP) is 2.66. The molecule has 3 unspecified atom stereocenters. The predicted molar refractivity (Wildman–Crippen MR) is 64.9 cm³/mol. The molecule has 0 spiro atoms. The molecule has 1 saturated carbocycles. The van der Waals surface area contributed by atoms with E-state index in [1.165, 1.54) is 6.42 Å². The molecule has 0 aliphatic heterocycles. The van der Waals surface area contributed by atoms with E-state index in [1.54, 1.807) is 0 Å². The average Bonchev–Trinajstić information content (AvgIpc) is 2.20. The Hall–Kier alpha value is -0.0800. The maximum Gasteiger partial charge on any atom is 0.0695 e. The Morgan fingerprint density at radius 2 is 1.93 bits per heavy atom. The van der Waals surface area contributed by atoms with E-state index in [0.29, 0.717) is 6.04 Å². The number of rotatable bonds is 3. The van der Waals surface area contributed by atoms with Crippen LogP contribution in [-0.4, -0.2) is 34.7 Å². The minimum Gasteiger partial charge on any atom is -0.391 e. The summed E-state index contributed by atoms with van der Waals surface area (Å²) in [6.45, 7) is 9.04. The van der Waals surface area contributed by atoms with Crippen LogP contribution >= 0.6 is 0 Å². The third-order valence-corrected chi connectivity index (χ3v) is 4.36. The molecule has 90 valence electrons. The van der Waals surface area contributed by atoms with Gasteiger partial charge in [-0.25, -0.2) is 0 Å². The lowest BCUT2D eigenvalue weighted by Crippen LogP contribution is -2.53. The van der Waals surface area contributed by atoms with Gasteiger partial charge in [-0.05, 0) is 52.5 Å². The van der Waals surface area contributed by atoms with Gasteiger partial charge in [0.05, 0.1) is 6.10 Å². The van der Waals surface area contributed by atoms with Gasteiger partial charge in [-0.15, -0.1) is 0 Å². The quantitative estimate of drug-likeness (QED) is 0.779. The minimum atomic E-state index is -0.128. The van der Waals surface area contributed by atoms with E-state index in [0.717, 1.165) is 25.2 Å². The molecular weight excluding hydrogens is 186 g/mol. The molecule has 1 fully saturated rings. The Kier molecular flexibility index (Phi) is 4.19. The molecular formula is C13H27NO. The number of aliphatic hydroxyl groups is 1. The summed E-state index contributed by atoms with van der Waals surface area (Å²) >= 11 is 0. The molecule has 0 bridgehead atoms. The molecule has 0 aromatic rings. The summed E-state index contributed by atoms with van der Waals surface area (Å²) in [5.74, 6) is 0.758. The fraction of sp³-hybridized carbons (Fsp3) is 1.00. The van der Waals surface area contributed by atoms with Crippen LogP contribution in [0.25, 0.3) is 0 Å². The van der Waals surface area contributed by atoms with Crippen LogP contribution in [0.15, 0.2) is 0 Å². The number of aliphatic hydroxyl groups excluding tert-OH is 1. The number of nitrogens with zero attached hydrogens (tertiary/aromatic N) is 1. The second-order valence-electron chi connectivity index (χ2n) is 5.83. The van der Waals surface area contributed by atoms with Gasteiger partial charge in [-0.1, -0.05) is 13.8 Å². The summed E-state index contributed by atoms with van der Waals surface area (Å²) in [5, 5.41) is 10.1. The lowest BCUT2D eigenvalue weighted by Gasteiger charge is -2.45. The summed E-state index contributed by atoms with van der Waals surface area (Å²) in [6.07, 6.45) is 4.29. The molecule has 1 aliphatic rings. The molecule has 2 nitrogen and oxygen atoms in total. The van der Waals surface area contributed by atoms with E-state index < -0.39 is 0 Å². The summed E-state index contributed by atoms with van der Waals surface area (Å²) in [6, 6.07) is 0.351. The molecule has 0 radical (unpaired) electrons. The highest BCUT2D eigenvalue weighted by atomic mass is 16.3. The van der Waals surface area contributed by atoms with Gasteiger partial charge < -0.3 is 5.11 Å². The van der Waals surface area contributed by atoms with Crippen molar-refractivity contribution in [1.29, 1.82) is 0 Å². The second-order valence-corrected chi connectivity index (χ2v) is 5.83. The van der Waals surface area contributed by atoms with Crippen LogP contribution in [0.3, 0.4) is 0 Å². The fourth-order valence-corrected chi connectivity index (χ4v) is 2.45. The maximum absolute atomic E-state index is 10.1. The normalized spacial score (nSPS) is 33.4. The number of hydrogen-bond donors (Lipinski definition) is 1. The van der Waals surface area contributed by atoms with Crippen molar-refractivity contribution in [2.45, 2.75) is 71.1 Å². The van der Waals surface area contributed by atoms with Gasteiger partial charge in [-0.2, -0.15) is 0 Å². The highest BCUT2D eigenvalue weighted by Gasteiger charge is 2.35. The maximum atomic E-state index is 10.1. The van der Waals surface area contributed by atoms with Crippen LogP contribution in [0, 0.1) is 5.92 Å². The van der Waals surface area contributed by atoms with E-state index in [1.807, 2.05) is 0 Å². The summed E-state index contributed by atoms with van der Waals surface area (Å²) in [4.78, 5) is 2.38. The molecule has 3 atom stereocenters. The number of likely N-dealkylation sites (N-methyl/N-ethyl adjacent to an activating group) is 1. The van der Waals surface area contributed by atoms with Crippen LogP contribution < -0.4 is 0 Å². The molecule has 1 aliphatic carbocycles. The first-order valence-corrected chi connectivity index (χ1v) is 6.29. The van der Waals surface area contributed by atoms with Crippen molar-refractivity contribution in [3.63, 3.8) is 0 Å². The molecule has 0 heterocycles. The third-order valence-electron chi connectivity index (χ3n) is 4.36. The highest BCUT2D eigenvalue weighted by Crippen LogP contribution is 2.31. The van der Waals surface area contributed by atoms with Gasteiger partial charge in [0.15, 0.2) is 0 Å². The van der Waals surface area contributed by atoms with Crippen molar-refractivity contribution in [2.75, 3.05) is 7.05 Å². The molecule has 0 aromatic heterocycles. The van der Waals surface area contributed by atoms with Crippen LogP contribution in [-0.2, 0) is 0 Å². The van der Waals surface area contributed by atoms with Crippen LogP contribution in [0.1, 0.15) is 53.4 Å². The van der Waals surface area contributed by atoms with Crippen molar-refractivity contribution < 1.29 is 5.11 Å². The Bertz CT molecular complexity index is 203. The van der Waals surface area contributed by atoms with Gasteiger partial charge >= 0.3 is 0 Å². The van der Waals surface area contributed by atoms with Crippen LogP contribution in [0.5, 0.6) is 0 Å². The molecule has 15 heavy (non-hydrogen) atoms. The Morgan fingerprint density at radius 1 is 1.33 bits per heavy atom. The third kappa shape index (κ3) is 2.94. The first kappa shape index (κ1) is 13.0. The van der Waals surface area contributed by atoms with Crippen LogP contribution in [0.4, 0.5) is 0 Å². The second kappa shape index (κ2) is 4.84. The summed E-state index contributed by atoms with van der Waals surface area (Å²) in [5.41, 5.74) is 0.197. The molecule has 0 saturated heterocycles. The van der Waals surface area contributed by atoms with Gasteiger partial charge in [-0.3, -0.25) is 4.90 Å². The minimum absolute atomic E-state index is 0.128. The topological polar surface area (TPSA) is 23.5 Å². The zero-order valence-corrected chi connectivity index (χ0v) is 11.0. The van der Waals surface area contributed by atoms with Gasteiger partial charge in [0.1, 0.15) is 0 Å². The molecule has 1 N–H and O–H groups in total.